The molecule has 80 heavy (non-hydrogen) atoms. The molecule has 23 heteroatoms. The Hall–Kier alpha value is -7.95. The first-order valence-corrected chi connectivity index (χ1v) is 26.1. The molecule has 6 unspecified atom stereocenters. The van der Waals surface area contributed by atoms with Crippen LogP contribution in [0.5, 0.6) is 5.75 Å². The number of amides is 7. The summed E-state index contributed by atoms with van der Waals surface area (Å²) in [5.41, 5.74) is 6.66. The molecule has 1 aliphatic rings. The number of hydrogen-bond donors (Lipinski definition) is 8. The van der Waals surface area contributed by atoms with E-state index in [4.69, 9.17) is 5.73 Å². The Kier molecular flexibility index (Phi) is 20.2. The van der Waals surface area contributed by atoms with Crippen molar-refractivity contribution in [3.05, 3.63) is 136 Å². The Morgan fingerprint density at radius 2 is 1.36 bits per heavy atom. The predicted octanol–water partition coefficient (Wildman–Crippen LogP) is 5.65. The summed E-state index contributed by atoms with van der Waals surface area (Å²) in [7, 11) is 1.38. The molecule has 0 aliphatic carbocycles. The van der Waals surface area contributed by atoms with Gasteiger partial charge in [0.2, 0.25) is 41.4 Å². The van der Waals surface area contributed by atoms with Gasteiger partial charge in [-0.1, -0.05) is 62.4 Å². The van der Waals surface area contributed by atoms with Crippen molar-refractivity contribution in [3.8, 4) is 5.75 Å². The van der Waals surface area contributed by atoms with E-state index in [1.807, 2.05) is 0 Å². The topological polar surface area (TPSA) is 248 Å². The van der Waals surface area contributed by atoms with Gasteiger partial charge >= 0.3 is 12.4 Å². The number of aromatic hydroxyl groups is 1. The fraction of sp³-hybridized carbons (Fsp3) is 0.421. The zero-order valence-corrected chi connectivity index (χ0v) is 45.1. The highest BCUT2D eigenvalue weighted by molar-refractivity contribution is 5.97. The molecule has 430 valence electrons. The number of nitrogens with two attached hydrogens (primary N) is 1. The smallest absolute Gasteiger partial charge is 0.416 e. The van der Waals surface area contributed by atoms with Crippen molar-refractivity contribution in [1.29, 1.82) is 0 Å². The third-order valence-corrected chi connectivity index (χ3v) is 14.1. The highest BCUT2D eigenvalue weighted by Gasteiger charge is 2.42. The Labute approximate surface area is 458 Å². The SMILES string of the molecule is Cc1cc(O)cc(C)c1CC(N)C(=O)NC(C)C(=O)NCC(=O)N(C)C(Cc1ccccc1)C(=O)N1CCCC1C(=O)NC(CC(C)C)C(=O)NC(Cc1c[nH]c2ccccc12)C(=O)NCc1cc(C(F)(F)F)cc(C(F)(F)F)c1. The monoisotopic (exact) mass is 1120 g/mol. The number of phenols is 1. The van der Waals surface area contributed by atoms with Crippen molar-refractivity contribution in [1.82, 2.24) is 41.4 Å². The molecule has 4 aromatic carbocycles. The largest absolute Gasteiger partial charge is 0.508 e. The number of nitrogens with one attached hydrogen (secondary N) is 6. The number of H-pyrrole nitrogens is 1. The number of aryl methyl sites for hydroxylation is 2. The van der Waals surface area contributed by atoms with Gasteiger partial charge in [-0.2, -0.15) is 26.3 Å². The first-order chi connectivity index (χ1) is 37.6. The summed E-state index contributed by atoms with van der Waals surface area (Å²) >= 11 is 0. The minimum atomic E-state index is -5.14. The Balaban J connectivity index is 1.15. The molecule has 17 nitrogen and oxygen atoms in total. The first kappa shape index (κ1) is 61.3. The van der Waals surface area contributed by atoms with Crippen molar-refractivity contribution in [2.24, 2.45) is 11.7 Å². The molecule has 5 aromatic rings. The normalized spacial score (nSPS) is 15.6. The maximum absolute atomic E-state index is 14.7. The number of halogens is 6. The number of para-hydroxylation sites is 1. The van der Waals surface area contributed by atoms with E-state index in [1.54, 1.807) is 101 Å². The number of benzene rings is 4. The Bertz CT molecular complexity index is 3000. The van der Waals surface area contributed by atoms with Crippen LogP contribution in [0.3, 0.4) is 0 Å². The molecule has 2 heterocycles. The molecule has 7 amide bonds. The molecule has 1 fully saturated rings. The van der Waals surface area contributed by atoms with Crippen molar-refractivity contribution < 1.29 is 65.0 Å². The number of likely N-dealkylation sites (tertiary alicyclic amines) is 1. The molecule has 0 spiro atoms. The van der Waals surface area contributed by atoms with E-state index in [0.717, 1.165) is 16.7 Å². The van der Waals surface area contributed by atoms with Crippen molar-refractivity contribution in [3.63, 3.8) is 0 Å². The van der Waals surface area contributed by atoms with Crippen LogP contribution >= 0.6 is 0 Å². The molecule has 6 rings (SSSR count). The third kappa shape index (κ3) is 16.1. The number of aromatic amines is 1. The number of likely N-dealkylation sites (N-methyl/N-ethyl adjacent to an activating group) is 1. The molecule has 0 saturated carbocycles. The molecular formula is C57H67F6N9O8. The van der Waals surface area contributed by atoms with Gasteiger partial charge in [0.25, 0.3) is 0 Å². The maximum Gasteiger partial charge on any atom is 0.416 e. The number of carbonyl (C=O) groups is 7. The number of hydrogen-bond acceptors (Lipinski definition) is 9. The molecule has 1 aromatic heterocycles. The minimum absolute atomic E-state index is 0.000541. The van der Waals surface area contributed by atoms with Gasteiger partial charge in [-0.05, 0) is 122 Å². The number of phenolic OH excluding ortho intramolecular Hbond substituents is 1. The summed E-state index contributed by atoms with van der Waals surface area (Å²) in [5.74, 6) is -5.31. The van der Waals surface area contributed by atoms with Gasteiger partial charge in [0.15, 0.2) is 0 Å². The van der Waals surface area contributed by atoms with E-state index in [1.165, 1.54) is 23.8 Å². The van der Waals surface area contributed by atoms with E-state index >= 15 is 0 Å². The lowest BCUT2D eigenvalue weighted by Crippen LogP contribution is -2.59. The van der Waals surface area contributed by atoms with E-state index in [2.05, 4.69) is 31.6 Å². The van der Waals surface area contributed by atoms with Crippen LogP contribution in [0.2, 0.25) is 0 Å². The van der Waals surface area contributed by atoms with Crippen LogP contribution < -0.4 is 32.3 Å². The molecule has 9 N–H and O–H groups in total. The van der Waals surface area contributed by atoms with Crippen LogP contribution in [0.25, 0.3) is 10.9 Å². The number of nitrogens with zero attached hydrogens (tertiary/aromatic N) is 2. The number of fused-ring (bicyclic) bond motifs is 1. The van der Waals surface area contributed by atoms with Crippen LogP contribution in [0.1, 0.15) is 84.5 Å². The Morgan fingerprint density at radius 1 is 0.738 bits per heavy atom. The summed E-state index contributed by atoms with van der Waals surface area (Å²) < 4.78 is 82.3. The molecule has 1 aliphatic heterocycles. The van der Waals surface area contributed by atoms with Gasteiger partial charge in [0.05, 0.1) is 23.7 Å². The summed E-state index contributed by atoms with van der Waals surface area (Å²) in [5, 5.41) is 23.4. The molecule has 0 radical (unpaired) electrons. The number of carbonyl (C=O) groups excluding carboxylic acids is 7. The van der Waals surface area contributed by atoms with Crippen LogP contribution in [-0.4, -0.2) is 118 Å². The summed E-state index contributed by atoms with van der Waals surface area (Å²) in [6, 6.07) is 12.5. The highest BCUT2D eigenvalue weighted by Crippen LogP contribution is 2.36. The standard InChI is InChI=1S/C57H67F6N9O8/c1-31(2)19-45(53(78)69-46(25-37-29-65-44-16-11-10-15-41(37)44)52(77)66-28-36-22-38(56(58,59)60)26-39(23-36)57(61,62)63)70-54(79)47-17-12-18-72(47)55(80)48(24-35-13-8-7-9-14-35)71(6)49(74)30-67-50(75)34(5)68-51(76)43(64)27-42-32(3)20-40(73)21-33(42)4/h7-11,13-16,20-23,26,29,31,34,43,45-48,65,73H,12,17-19,24-25,27-28,30,64H2,1-6H3,(H,66,77)(H,67,75)(H,68,76)(H,69,78)(H,70,79). The second-order valence-electron chi connectivity index (χ2n) is 20.7. The minimum Gasteiger partial charge on any atom is -0.508 e. The quantitative estimate of drug-likeness (QED) is 0.0398. The second-order valence-corrected chi connectivity index (χ2v) is 20.7. The lowest BCUT2D eigenvalue weighted by molar-refractivity contribution is -0.147. The van der Waals surface area contributed by atoms with Crippen LogP contribution in [0.15, 0.2) is 91.1 Å². The van der Waals surface area contributed by atoms with Crippen molar-refractivity contribution in [2.45, 2.75) is 128 Å². The summed E-state index contributed by atoms with van der Waals surface area (Å²) in [4.78, 5) is 103. The van der Waals surface area contributed by atoms with Gasteiger partial charge in [-0.15, -0.1) is 0 Å². The Morgan fingerprint density at radius 3 is 1.99 bits per heavy atom. The summed E-state index contributed by atoms with van der Waals surface area (Å²) in [6.07, 6.45) is -8.20. The van der Waals surface area contributed by atoms with Gasteiger partial charge in [-0.3, -0.25) is 33.6 Å². The van der Waals surface area contributed by atoms with Gasteiger partial charge < -0.3 is 52.2 Å². The van der Waals surface area contributed by atoms with Gasteiger partial charge in [-0.25, -0.2) is 0 Å². The van der Waals surface area contributed by atoms with E-state index in [9.17, 15) is 65.0 Å². The predicted molar refractivity (Wildman–Crippen MR) is 285 cm³/mol. The van der Waals surface area contributed by atoms with Gasteiger partial charge in [0, 0.05) is 50.1 Å². The fourth-order valence-electron chi connectivity index (χ4n) is 9.73. The molecule has 6 atom stereocenters. The lowest BCUT2D eigenvalue weighted by atomic mass is 9.96. The number of alkyl halides is 6. The number of rotatable bonds is 22. The van der Waals surface area contributed by atoms with E-state index in [-0.39, 0.29) is 56.4 Å². The first-order valence-electron chi connectivity index (χ1n) is 26.1. The van der Waals surface area contributed by atoms with E-state index < -0.39 is 120 Å². The number of aromatic nitrogens is 1. The molecule has 0 bridgehead atoms. The zero-order valence-electron chi connectivity index (χ0n) is 45.1. The van der Waals surface area contributed by atoms with Gasteiger partial charge in [0.1, 0.15) is 36.0 Å². The zero-order chi connectivity index (χ0) is 58.8. The second kappa shape index (κ2) is 26.3. The third-order valence-electron chi connectivity index (χ3n) is 14.1. The van der Waals surface area contributed by atoms with Crippen LogP contribution in [-0.2, 0) is 71.7 Å². The molecule has 1 saturated heterocycles. The van der Waals surface area contributed by atoms with Crippen LogP contribution in [0, 0.1) is 19.8 Å². The maximum atomic E-state index is 14.7. The van der Waals surface area contributed by atoms with Crippen molar-refractivity contribution in [2.75, 3.05) is 20.1 Å². The lowest BCUT2D eigenvalue weighted by Gasteiger charge is -2.34. The highest BCUT2D eigenvalue weighted by atomic mass is 19.4. The average Bonchev–Trinajstić information content (AvgIpc) is 4.06. The average molecular weight is 1120 g/mol. The van der Waals surface area contributed by atoms with Crippen molar-refractivity contribution >= 4 is 52.3 Å². The van der Waals surface area contributed by atoms with E-state index in [0.29, 0.717) is 40.6 Å². The molecular weight excluding hydrogens is 1050 g/mol. The van der Waals surface area contributed by atoms with Crippen LogP contribution in [0.4, 0.5) is 26.3 Å². The summed E-state index contributed by atoms with van der Waals surface area (Å²) in [6.45, 7) is 7.25. The fourth-order valence-corrected chi connectivity index (χ4v) is 9.73.